The van der Waals surface area contributed by atoms with Crippen molar-refractivity contribution < 1.29 is 25.2 Å². The summed E-state index contributed by atoms with van der Waals surface area (Å²) in [4.78, 5) is 12.5. The van der Waals surface area contributed by atoms with Gasteiger partial charge in [0, 0.05) is 0 Å². The van der Waals surface area contributed by atoms with Crippen LogP contribution in [0.4, 0.5) is 0 Å². The molecule has 55 heavy (non-hydrogen) atoms. The summed E-state index contributed by atoms with van der Waals surface area (Å²) in [6.07, 6.45) is 50.1. The molecule has 1 amide bonds. The van der Waals surface area contributed by atoms with Gasteiger partial charge in [-0.25, -0.2) is 0 Å². The zero-order chi connectivity index (χ0) is 40.3. The molecule has 0 spiro atoms. The zero-order valence-electron chi connectivity index (χ0n) is 36.9. The number of aliphatic hydroxyl groups excluding tert-OH is 4. The predicted molar refractivity (Wildman–Crippen MR) is 238 cm³/mol. The van der Waals surface area contributed by atoms with Crippen molar-refractivity contribution in [1.29, 1.82) is 0 Å². The number of nitrogens with one attached hydrogen (secondary N) is 1. The van der Waals surface area contributed by atoms with Crippen LogP contribution >= 0.6 is 0 Å². The highest BCUT2D eigenvalue weighted by Crippen LogP contribution is 2.17. The van der Waals surface area contributed by atoms with Gasteiger partial charge in [-0.2, -0.15) is 0 Å². The molecule has 0 aliphatic rings. The Labute approximate surface area is 342 Å². The molecule has 0 aliphatic carbocycles. The number of carbonyl (C=O) groups excluding carboxylic acids is 1. The van der Waals surface area contributed by atoms with Gasteiger partial charge in [-0.1, -0.05) is 238 Å². The molecule has 4 atom stereocenters. The van der Waals surface area contributed by atoms with Gasteiger partial charge in [0.15, 0.2) is 0 Å². The van der Waals surface area contributed by atoms with E-state index in [2.05, 4.69) is 31.3 Å². The van der Waals surface area contributed by atoms with Crippen molar-refractivity contribution in [2.75, 3.05) is 6.61 Å². The number of amides is 1. The maximum atomic E-state index is 12.5. The van der Waals surface area contributed by atoms with Crippen LogP contribution in [-0.2, 0) is 4.79 Å². The summed E-state index contributed by atoms with van der Waals surface area (Å²) >= 11 is 0. The molecule has 6 nitrogen and oxygen atoms in total. The molecule has 5 N–H and O–H groups in total. The summed E-state index contributed by atoms with van der Waals surface area (Å²) in [6.45, 7) is 4.01. The Morgan fingerprint density at radius 1 is 0.436 bits per heavy atom. The summed E-state index contributed by atoms with van der Waals surface area (Å²) in [6, 6.07) is -0.996. The van der Waals surface area contributed by atoms with E-state index in [4.69, 9.17) is 0 Å². The third-order valence-corrected chi connectivity index (χ3v) is 11.7. The lowest BCUT2D eigenvalue weighted by Crippen LogP contribution is -2.53. The molecule has 0 radical (unpaired) electrons. The summed E-state index contributed by atoms with van der Waals surface area (Å²) in [5.41, 5.74) is 0. The number of allylic oxidation sites excluding steroid dienone is 2. The van der Waals surface area contributed by atoms with Crippen LogP contribution in [0, 0.1) is 0 Å². The fourth-order valence-corrected chi connectivity index (χ4v) is 7.82. The SMILES string of the molecule is CCCCCC/C=C/CCCC(O)C(O)C(CO)NC(=O)C(O)CCCCCCCCCCCCCCCCCCCCCCCCCCCCCCCC. The molecule has 0 aromatic heterocycles. The number of hydrogen-bond donors (Lipinski definition) is 5. The minimum Gasteiger partial charge on any atom is -0.394 e. The first-order chi connectivity index (χ1) is 27.0. The molecule has 0 heterocycles. The average molecular weight is 780 g/mol. The van der Waals surface area contributed by atoms with Gasteiger partial charge in [-0.15, -0.1) is 0 Å². The van der Waals surface area contributed by atoms with Crippen molar-refractivity contribution in [3.63, 3.8) is 0 Å². The van der Waals surface area contributed by atoms with Gasteiger partial charge in [0.25, 0.3) is 0 Å². The molecule has 0 bridgehead atoms. The molecular weight excluding hydrogens is 683 g/mol. The summed E-state index contributed by atoms with van der Waals surface area (Å²) in [5.74, 6) is -0.591. The smallest absolute Gasteiger partial charge is 0.249 e. The minimum atomic E-state index is -1.28. The van der Waals surface area contributed by atoms with Gasteiger partial charge in [0.05, 0.1) is 18.8 Å². The van der Waals surface area contributed by atoms with Gasteiger partial charge in [-0.05, 0) is 38.5 Å². The van der Waals surface area contributed by atoms with Crippen molar-refractivity contribution in [3.8, 4) is 0 Å². The highest BCUT2D eigenvalue weighted by atomic mass is 16.3. The van der Waals surface area contributed by atoms with Gasteiger partial charge in [-0.3, -0.25) is 4.79 Å². The fourth-order valence-electron chi connectivity index (χ4n) is 7.82. The van der Waals surface area contributed by atoms with Crippen LogP contribution in [-0.4, -0.2) is 57.3 Å². The molecule has 0 saturated carbocycles. The Bertz CT molecular complexity index is 791. The van der Waals surface area contributed by atoms with E-state index in [0.29, 0.717) is 12.8 Å². The van der Waals surface area contributed by atoms with E-state index in [1.54, 1.807) is 0 Å². The summed E-state index contributed by atoms with van der Waals surface area (Å²) < 4.78 is 0. The van der Waals surface area contributed by atoms with Crippen LogP contribution < -0.4 is 5.32 Å². The Hall–Kier alpha value is -0.950. The van der Waals surface area contributed by atoms with Crippen LogP contribution in [0.1, 0.15) is 264 Å². The molecule has 328 valence electrons. The quantitative estimate of drug-likeness (QED) is 0.0312. The predicted octanol–water partition coefficient (Wildman–Crippen LogP) is 13.4. The lowest BCUT2D eigenvalue weighted by atomic mass is 10.00. The molecule has 0 aromatic rings. The number of unbranched alkanes of at least 4 members (excludes halogenated alkanes) is 34. The molecule has 0 rings (SSSR count). The minimum absolute atomic E-state index is 0.368. The average Bonchev–Trinajstić information content (AvgIpc) is 3.19. The monoisotopic (exact) mass is 780 g/mol. The van der Waals surface area contributed by atoms with Crippen LogP contribution in [0.2, 0.25) is 0 Å². The zero-order valence-corrected chi connectivity index (χ0v) is 36.9. The molecule has 6 heteroatoms. The fraction of sp³-hybridized carbons (Fsp3) is 0.939. The van der Waals surface area contributed by atoms with Crippen LogP contribution in [0.5, 0.6) is 0 Å². The first-order valence-corrected chi connectivity index (χ1v) is 24.6. The van der Waals surface area contributed by atoms with E-state index < -0.39 is 36.9 Å². The second-order valence-corrected chi connectivity index (χ2v) is 17.2. The Morgan fingerprint density at radius 3 is 1.09 bits per heavy atom. The van der Waals surface area contributed by atoms with Crippen LogP contribution in [0.3, 0.4) is 0 Å². The van der Waals surface area contributed by atoms with E-state index in [9.17, 15) is 25.2 Å². The van der Waals surface area contributed by atoms with Crippen LogP contribution in [0.25, 0.3) is 0 Å². The Balaban J connectivity index is 3.52. The Kier molecular flexibility index (Phi) is 43.4. The third kappa shape index (κ3) is 38.3. The lowest BCUT2D eigenvalue weighted by molar-refractivity contribution is -0.132. The molecule has 0 aromatic carbocycles. The van der Waals surface area contributed by atoms with Crippen molar-refractivity contribution in [2.45, 2.75) is 289 Å². The summed E-state index contributed by atoms with van der Waals surface area (Å²) in [7, 11) is 0. The van der Waals surface area contributed by atoms with Gasteiger partial charge < -0.3 is 25.7 Å². The molecule has 0 aliphatic heterocycles. The van der Waals surface area contributed by atoms with E-state index in [-0.39, 0.29) is 0 Å². The highest BCUT2D eigenvalue weighted by molar-refractivity contribution is 5.80. The van der Waals surface area contributed by atoms with Gasteiger partial charge in [0.2, 0.25) is 5.91 Å². The largest absolute Gasteiger partial charge is 0.394 e. The standard InChI is InChI=1S/C49H97NO5/c1-3-5-7-9-11-13-14-15-16-17-18-19-20-21-22-23-24-25-26-27-28-29-30-31-32-33-35-37-39-41-43-47(53)49(55)50-45(44-51)48(54)46(52)42-40-38-36-34-12-10-8-6-4-2/h34,36,45-48,51-54H,3-33,35,37-44H2,1-2H3,(H,50,55)/b36-34+. The molecule has 0 saturated heterocycles. The first kappa shape index (κ1) is 54.0. The van der Waals surface area contributed by atoms with E-state index in [0.717, 1.165) is 38.5 Å². The van der Waals surface area contributed by atoms with E-state index in [1.165, 1.54) is 199 Å². The van der Waals surface area contributed by atoms with E-state index >= 15 is 0 Å². The van der Waals surface area contributed by atoms with Crippen molar-refractivity contribution in [3.05, 3.63) is 12.2 Å². The number of rotatable bonds is 45. The van der Waals surface area contributed by atoms with Gasteiger partial charge in [0.1, 0.15) is 12.2 Å². The molecule has 4 unspecified atom stereocenters. The topological polar surface area (TPSA) is 110 Å². The van der Waals surface area contributed by atoms with Crippen molar-refractivity contribution >= 4 is 5.91 Å². The Morgan fingerprint density at radius 2 is 0.745 bits per heavy atom. The van der Waals surface area contributed by atoms with Gasteiger partial charge >= 0.3 is 0 Å². The first-order valence-electron chi connectivity index (χ1n) is 24.6. The van der Waals surface area contributed by atoms with Crippen molar-refractivity contribution in [2.24, 2.45) is 0 Å². The number of aliphatic hydroxyl groups is 4. The highest BCUT2D eigenvalue weighted by Gasteiger charge is 2.28. The summed E-state index contributed by atoms with van der Waals surface area (Å²) in [5, 5.41) is 43.5. The number of hydrogen-bond acceptors (Lipinski definition) is 5. The number of carbonyl (C=O) groups is 1. The third-order valence-electron chi connectivity index (χ3n) is 11.7. The molecule has 0 fully saturated rings. The maximum Gasteiger partial charge on any atom is 0.249 e. The second-order valence-electron chi connectivity index (χ2n) is 17.2. The second kappa shape index (κ2) is 44.2. The van der Waals surface area contributed by atoms with Crippen LogP contribution in [0.15, 0.2) is 12.2 Å². The van der Waals surface area contributed by atoms with Crippen molar-refractivity contribution in [1.82, 2.24) is 5.32 Å². The lowest BCUT2D eigenvalue weighted by Gasteiger charge is -2.27. The molecular formula is C49H97NO5. The normalized spacial score (nSPS) is 14.1. The maximum absolute atomic E-state index is 12.5. The van der Waals surface area contributed by atoms with E-state index in [1.807, 2.05) is 0 Å².